The maximum atomic E-state index is 11.7. The first-order valence-electron chi connectivity index (χ1n) is 7.72. The zero-order valence-corrected chi connectivity index (χ0v) is 13.2. The van der Waals surface area contributed by atoms with Crippen LogP contribution in [0.15, 0.2) is 30.3 Å². The van der Waals surface area contributed by atoms with Crippen molar-refractivity contribution in [2.75, 3.05) is 13.1 Å². The highest BCUT2D eigenvalue weighted by atomic mass is 16.1. The molecule has 110 valence electrons. The van der Waals surface area contributed by atoms with Gasteiger partial charge in [0.15, 0.2) is 0 Å². The van der Waals surface area contributed by atoms with Crippen molar-refractivity contribution < 1.29 is 4.79 Å². The van der Waals surface area contributed by atoms with Gasteiger partial charge in [-0.2, -0.15) is 0 Å². The Labute approximate surface area is 123 Å². The molecule has 0 radical (unpaired) electrons. The van der Waals surface area contributed by atoms with Crippen LogP contribution in [0.5, 0.6) is 0 Å². The molecule has 1 aromatic rings. The lowest BCUT2D eigenvalue weighted by molar-refractivity contribution is -0.113. The predicted molar refractivity (Wildman–Crippen MR) is 83.8 cm³/mol. The summed E-state index contributed by atoms with van der Waals surface area (Å²) in [5.41, 5.74) is 0.708. The van der Waals surface area contributed by atoms with Gasteiger partial charge in [-0.3, -0.25) is 4.90 Å². The molecule has 4 atom stereocenters. The highest BCUT2D eigenvalue weighted by molar-refractivity contribution is 5.68. The smallest absolute Gasteiger partial charge is 0.131 e. The van der Waals surface area contributed by atoms with Gasteiger partial charge < -0.3 is 4.79 Å². The first-order valence-corrected chi connectivity index (χ1v) is 7.72. The van der Waals surface area contributed by atoms with E-state index in [-0.39, 0.29) is 0 Å². The van der Waals surface area contributed by atoms with Gasteiger partial charge in [-0.25, -0.2) is 0 Å². The number of likely N-dealkylation sites (tertiary alicyclic amines) is 1. The summed E-state index contributed by atoms with van der Waals surface area (Å²) < 4.78 is 0. The van der Waals surface area contributed by atoms with Gasteiger partial charge in [0, 0.05) is 19.1 Å². The number of rotatable bonds is 4. The van der Waals surface area contributed by atoms with Crippen LogP contribution in [0.4, 0.5) is 0 Å². The van der Waals surface area contributed by atoms with Crippen molar-refractivity contribution in [3.8, 4) is 0 Å². The van der Waals surface area contributed by atoms with Crippen molar-refractivity contribution in [2.45, 2.75) is 45.6 Å². The van der Waals surface area contributed by atoms with Crippen molar-refractivity contribution in [2.24, 2.45) is 11.8 Å². The summed E-state index contributed by atoms with van der Waals surface area (Å²) in [5, 5.41) is 0. The van der Waals surface area contributed by atoms with E-state index >= 15 is 0 Å². The van der Waals surface area contributed by atoms with Crippen molar-refractivity contribution in [3.63, 3.8) is 0 Å². The van der Waals surface area contributed by atoms with Crippen LogP contribution < -0.4 is 0 Å². The summed E-state index contributed by atoms with van der Waals surface area (Å²) in [7, 11) is 0. The van der Waals surface area contributed by atoms with Gasteiger partial charge >= 0.3 is 0 Å². The summed E-state index contributed by atoms with van der Waals surface area (Å²) >= 11 is 0. The molecule has 1 fully saturated rings. The minimum absolute atomic E-state index is 0.410. The molecule has 0 bridgehead atoms. The van der Waals surface area contributed by atoms with Gasteiger partial charge in [-0.05, 0) is 37.7 Å². The van der Waals surface area contributed by atoms with Gasteiger partial charge in [0.25, 0.3) is 0 Å². The number of benzene rings is 1. The highest BCUT2D eigenvalue weighted by Gasteiger charge is 2.35. The Morgan fingerprint density at radius 2 is 1.90 bits per heavy atom. The van der Waals surface area contributed by atoms with Crippen molar-refractivity contribution >= 4 is 6.29 Å². The molecule has 0 spiro atoms. The second-order valence-corrected chi connectivity index (χ2v) is 6.89. The van der Waals surface area contributed by atoms with Gasteiger partial charge in [-0.15, -0.1) is 0 Å². The average Bonchev–Trinajstić information content (AvgIpc) is 2.45. The Bertz CT molecular complexity index is 444. The molecule has 2 nitrogen and oxygen atoms in total. The number of carbonyl (C=O) groups excluding carboxylic acids is 1. The molecule has 0 aromatic heterocycles. The highest BCUT2D eigenvalue weighted by Crippen LogP contribution is 2.31. The molecule has 2 heteroatoms. The van der Waals surface area contributed by atoms with E-state index in [1.54, 1.807) is 0 Å². The van der Waals surface area contributed by atoms with E-state index in [0.29, 0.717) is 17.9 Å². The molecule has 1 aliphatic rings. The van der Waals surface area contributed by atoms with E-state index < -0.39 is 5.41 Å². The number of piperidine rings is 1. The Morgan fingerprint density at radius 1 is 1.25 bits per heavy atom. The molecule has 1 aliphatic heterocycles. The number of carbonyl (C=O) groups is 1. The van der Waals surface area contributed by atoms with Gasteiger partial charge in [0.05, 0.1) is 5.41 Å². The lowest BCUT2D eigenvalue weighted by Gasteiger charge is -2.44. The molecule has 1 aromatic carbocycles. The summed E-state index contributed by atoms with van der Waals surface area (Å²) in [6.45, 7) is 10.9. The minimum atomic E-state index is -0.410. The molecule has 0 aliphatic carbocycles. The molecule has 0 amide bonds. The van der Waals surface area contributed by atoms with Crippen LogP contribution in [0.3, 0.4) is 0 Å². The van der Waals surface area contributed by atoms with Crippen molar-refractivity contribution in [1.29, 1.82) is 0 Å². The van der Waals surface area contributed by atoms with Gasteiger partial charge in [0.2, 0.25) is 0 Å². The quantitative estimate of drug-likeness (QED) is 0.782. The lowest BCUT2D eigenvalue weighted by atomic mass is 9.80. The van der Waals surface area contributed by atoms with Crippen LogP contribution in [0, 0.1) is 11.8 Å². The fraction of sp³-hybridized carbons (Fsp3) is 0.611. The van der Waals surface area contributed by atoms with E-state index in [9.17, 15) is 4.79 Å². The van der Waals surface area contributed by atoms with Crippen molar-refractivity contribution in [3.05, 3.63) is 35.9 Å². The number of hydrogen-bond donors (Lipinski definition) is 0. The predicted octanol–water partition coefficient (Wildman–Crippen LogP) is 3.51. The zero-order valence-electron chi connectivity index (χ0n) is 13.2. The third-order valence-corrected chi connectivity index (χ3v) is 4.94. The van der Waals surface area contributed by atoms with Crippen LogP contribution in [0.2, 0.25) is 0 Å². The van der Waals surface area contributed by atoms with Crippen LogP contribution >= 0.6 is 0 Å². The van der Waals surface area contributed by atoms with E-state index in [0.717, 1.165) is 24.9 Å². The summed E-state index contributed by atoms with van der Waals surface area (Å²) in [6.07, 6.45) is 2.42. The van der Waals surface area contributed by atoms with Crippen LogP contribution in [0.25, 0.3) is 0 Å². The molecule has 20 heavy (non-hydrogen) atoms. The Balaban J connectivity index is 2.19. The normalized spacial score (nSPS) is 30.7. The maximum Gasteiger partial charge on any atom is 0.131 e. The van der Waals surface area contributed by atoms with E-state index in [1.807, 2.05) is 18.2 Å². The fourth-order valence-corrected chi connectivity index (χ4v) is 3.48. The van der Waals surface area contributed by atoms with Crippen molar-refractivity contribution in [1.82, 2.24) is 4.90 Å². The average molecular weight is 273 g/mol. The largest absolute Gasteiger partial charge is 0.302 e. The lowest BCUT2D eigenvalue weighted by Crippen LogP contribution is -2.51. The summed E-state index contributed by atoms with van der Waals surface area (Å²) in [4.78, 5) is 14.2. The van der Waals surface area contributed by atoms with Crippen LogP contribution in [-0.2, 0) is 10.2 Å². The fourth-order valence-electron chi connectivity index (χ4n) is 3.48. The second-order valence-electron chi connectivity index (χ2n) is 6.89. The van der Waals surface area contributed by atoms with Gasteiger partial charge in [0.1, 0.15) is 6.29 Å². The summed E-state index contributed by atoms with van der Waals surface area (Å²) in [6, 6.07) is 10.7. The number of aldehydes is 1. The Kier molecular flexibility index (Phi) is 4.64. The first kappa shape index (κ1) is 15.2. The van der Waals surface area contributed by atoms with E-state index in [4.69, 9.17) is 0 Å². The standard InChI is InChI=1S/C18H27NO/c1-14-10-15(2)16(3)19(11-14)12-18(4,13-20)17-8-6-5-7-9-17/h5-9,13-16H,10-12H2,1-4H3. The number of nitrogens with zero attached hydrogens (tertiary/aromatic N) is 1. The zero-order chi connectivity index (χ0) is 14.8. The van der Waals surface area contributed by atoms with E-state index in [2.05, 4.69) is 44.7 Å². The topological polar surface area (TPSA) is 20.3 Å². The third-order valence-electron chi connectivity index (χ3n) is 4.94. The number of hydrogen-bond acceptors (Lipinski definition) is 2. The summed E-state index contributed by atoms with van der Waals surface area (Å²) in [5.74, 6) is 1.42. The second kappa shape index (κ2) is 6.09. The molecule has 4 unspecified atom stereocenters. The Hall–Kier alpha value is -1.15. The molecular formula is C18H27NO. The Morgan fingerprint density at radius 3 is 2.50 bits per heavy atom. The molecule has 0 N–H and O–H groups in total. The molecule has 1 saturated heterocycles. The van der Waals surface area contributed by atoms with E-state index in [1.165, 1.54) is 6.42 Å². The molecule has 0 saturated carbocycles. The molecule has 1 heterocycles. The molecular weight excluding hydrogens is 246 g/mol. The van der Waals surface area contributed by atoms with Crippen LogP contribution in [-0.4, -0.2) is 30.3 Å². The minimum Gasteiger partial charge on any atom is -0.302 e. The van der Waals surface area contributed by atoms with Crippen LogP contribution in [0.1, 0.15) is 39.7 Å². The third kappa shape index (κ3) is 3.12. The molecule has 2 rings (SSSR count). The van der Waals surface area contributed by atoms with Gasteiger partial charge in [-0.1, -0.05) is 44.2 Å². The maximum absolute atomic E-state index is 11.7. The monoisotopic (exact) mass is 273 g/mol. The SMILES string of the molecule is CC1CC(C)C(C)N(CC(C)(C=O)c2ccccc2)C1. The first-order chi connectivity index (χ1) is 9.46.